The number of ether oxygens (including phenoxy) is 1. The van der Waals surface area contributed by atoms with Crippen LogP contribution in [0.5, 0.6) is 5.75 Å². The summed E-state index contributed by atoms with van der Waals surface area (Å²) in [6.07, 6.45) is 1.83. The molecule has 132 valence electrons. The van der Waals surface area contributed by atoms with Crippen LogP contribution in [0.25, 0.3) is 0 Å². The third-order valence-electron chi connectivity index (χ3n) is 4.50. The summed E-state index contributed by atoms with van der Waals surface area (Å²) in [7, 11) is 1.67. The number of nitrogens with one attached hydrogen (secondary N) is 1. The van der Waals surface area contributed by atoms with Crippen LogP contribution in [0.15, 0.2) is 60.8 Å². The van der Waals surface area contributed by atoms with Gasteiger partial charge in [-0.15, -0.1) is 11.3 Å². The summed E-state index contributed by atoms with van der Waals surface area (Å²) in [4.78, 5) is 9.30. The van der Waals surface area contributed by atoms with Crippen LogP contribution in [0.1, 0.15) is 27.5 Å². The van der Waals surface area contributed by atoms with E-state index in [0.717, 1.165) is 17.1 Å². The van der Waals surface area contributed by atoms with Gasteiger partial charge >= 0.3 is 0 Å². The number of methoxy groups -OCH3 is 1. The van der Waals surface area contributed by atoms with Crippen molar-refractivity contribution in [2.75, 3.05) is 12.0 Å². The summed E-state index contributed by atoms with van der Waals surface area (Å²) in [6.45, 7) is 2.13. The molecule has 0 radical (unpaired) electrons. The highest BCUT2D eigenvalue weighted by Crippen LogP contribution is 2.43. The van der Waals surface area contributed by atoms with Crippen molar-refractivity contribution in [3.63, 3.8) is 0 Å². The Kier molecular flexibility index (Phi) is 4.61. The lowest BCUT2D eigenvalue weighted by atomic mass is 10.0. The molecule has 4 rings (SSSR count). The van der Waals surface area contributed by atoms with E-state index in [-0.39, 0.29) is 12.1 Å². The van der Waals surface area contributed by atoms with Crippen molar-refractivity contribution in [1.29, 1.82) is 0 Å². The van der Waals surface area contributed by atoms with Crippen molar-refractivity contribution >= 4 is 34.4 Å². The molecule has 1 aliphatic rings. The summed E-state index contributed by atoms with van der Waals surface area (Å²) in [6, 6.07) is 18.4. The highest BCUT2D eigenvalue weighted by molar-refractivity contribution is 7.80. The molecule has 0 unspecified atom stereocenters. The minimum Gasteiger partial charge on any atom is -0.497 e. The topological polar surface area (TPSA) is 37.4 Å². The number of thiocarbonyl (C=S) groups is 1. The first-order valence-electron chi connectivity index (χ1n) is 8.38. The average molecular weight is 382 g/mol. The Morgan fingerprint density at radius 2 is 1.92 bits per heavy atom. The summed E-state index contributed by atoms with van der Waals surface area (Å²) in [5.41, 5.74) is 2.03. The van der Waals surface area contributed by atoms with E-state index in [0.29, 0.717) is 5.11 Å². The minimum absolute atomic E-state index is 0.00357. The molecule has 26 heavy (non-hydrogen) atoms. The van der Waals surface area contributed by atoms with Crippen molar-refractivity contribution in [2.24, 2.45) is 0 Å². The molecule has 1 aromatic carbocycles. The molecule has 2 aromatic heterocycles. The zero-order valence-electron chi connectivity index (χ0n) is 14.5. The van der Waals surface area contributed by atoms with Crippen molar-refractivity contribution in [2.45, 2.75) is 19.0 Å². The monoisotopic (exact) mass is 381 g/mol. The van der Waals surface area contributed by atoms with Gasteiger partial charge in [0.2, 0.25) is 0 Å². The number of anilines is 1. The Hall–Kier alpha value is -2.44. The van der Waals surface area contributed by atoms with Crippen LogP contribution in [-0.2, 0) is 0 Å². The third kappa shape index (κ3) is 3.06. The van der Waals surface area contributed by atoms with E-state index in [2.05, 4.69) is 34.3 Å². The number of aromatic nitrogens is 1. The van der Waals surface area contributed by atoms with Gasteiger partial charge in [0.1, 0.15) is 5.75 Å². The summed E-state index contributed by atoms with van der Waals surface area (Å²) in [5.74, 6) is 0.830. The number of pyridine rings is 1. The molecule has 1 N–H and O–H groups in total. The zero-order valence-corrected chi connectivity index (χ0v) is 16.2. The normalized spacial score (nSPS) is 19.5. The van der Waals surface area contributed by atoms with Gasteiger partial charge in [-0.1, -0.05) is 6.07 Å². The van der Waals surface area contributed by atoms with Crippen molar-refractivity contribution in [1.82, 2.24) is 10.3 Å². The second-order valence-electron chi connectivity index (χ2n) is 6.14. The molecule has 1 fully saturated rings. The van der Waals surface area contributed by atoms with Crippen molar-refractivity contribution in [3.05, 3.63) is 76.2 Å². The number of hydrogen-bond acceptors (Lipinski definition) is 4. The van der Waals surface area contributed by atoms with E-state index in [1.165, 1.54) is 9.75 Å². The van der Waals surface area contributed by atoms with E-state index in [1.807, 2.05) is 48.7 Å². The number of thiophene rings is 1. The van der Waals surface area contributed by atoms with Gasteiger partial charge in [0.25, 0.3) is 0 Å². The first-order valence-corrected chi connectivity index (χ1v) is 9.61. The smallest absolute Gasteiger partial charge is 0.174 e. The quantitative estimate of drug-likeness (QED) is 0.667. The Balaban J connectivity index is 1.79. The molecule has 4 nitrogen and oxygen atoms in total. The maximum absolute atomic E-state index is 5.71. The van der Waals surface area contributed by atoms with Crippen LogP contribution >= 0.6 is 23.6 Å². The van der Waals surface area contributed by atoms with Gasteiger partial charge < -0.3 is 15.0 Å². The van der Waals surface area contributed by atoms with Gasteiger partial charge in [-0.25, -0.2) is 0 Å². The predicted octanol–water partition coefficient (Wildman–Crippen LogP) is 4.64. The van der Waals surface area contributed by atoms with E-state index < -0.39 is 0 Å². The average Bonchev–Trinajstić information content (AvgIpc) is 3.25. The second kappa shape index (κ2) is 7.05. The van der Waals surface area contributed by atoms with E-state index in [1.54, 1.807) is 18.4 Å². The number of benzene rings is 1. The van der Waals surface area contributed by atoms with Gasteiger partial charge in [-0.05, 0) is 67.7 Å². The maximum atomic E-state index is 5.71. The molecule has 0 bridgehead atoms. The molecule has 0 saturated carbocycles. The van der Waals surface area contributed by atoms with Gasteiger partial charge in [0, 0.05) is 21.6 Å². The van der Waals surface area contributed by atoms with E-state index in [9.17, 15) is 0 Å². The number of aryl methyl sites for hydroxylation is 1. The SMILES string of the molecule is COc1ccc(N2C(=S)N[C@H](c3ccccn3)[C@H]2c2ccc(C)s2)cc1. The maximum Gasteiger partial charge on any atom is 0.174 e. The summed E-state index contributed by atoms with van der Waals surface area (Å²) < 4.78 is 5.29. The van der Waals surface area contributed by atoms with E-state index in [4.69, 9.17) is 17.0 Å². The fourth-order valence-electron chi connectivity index (χ4n) is 3.28. The Bertz CT molecular complexity index is 908. The molecule has 0 spiro atoms. The summed E-state index contributed by atoms with van der Waals surface area (Å²) in [5, 5.41) is 4.19. The second-order valence-corrected chi connectivity index (χ2v) is 7.85. The molecule has 1 saturated heterocycles. The van der Waals surface area contributed by atoms with Gasteiger partial charge in [-0.2, -0.15) is 0 Å². The first-order chi connectivity index (χ1) is 12.7. The Labute approximate surface area is 162 Å². The standard InChI is InChI=1S/C20H19N3OS2/c1-13-6-11-17(26-13)19-18(16-5-3-4-12-21-16)22-20(25)23(19)14-7-9-15(24-2)10-8-14/h3-12,18-19H,1-2H3,(H,22,25)/t18-,19-/m1/s1. The van der Waals surface area contributed by atoms with Gasteiger partial charge in [-0.3, -0.25) is 4.98 Å². The molecule has 6 heteroatoms. The Morgan fingerprint density at radius 3 is 2.54 bits per heavy atom. The molecular formula is C20H19N3OS2. The Morgan fingerprint density at radius 1 is 1.12 bits per heavy atom. The molecule has 1 aliphatic heterocycles. The summed E-state index contributed by atoms with van der Waals surface area (Å²) >= 11 is 7.50. The fraction of sp³-hybridized carbons (Fsp3) is 0.200. The highest BCUT2D eigenvalue weighted by atomic mass is 32.1. The van der Waals surface area contributed by atoms with Gasteiger partial charge in [0.05, 0.1) is 24.9 Å². The lowest BCUT2D eigenvalue weighted by Crippen LogP contribution is -2.28. The molecule has 3 aromatic rings. The fourth-order valence-corrected chi connectivity index (χ4v) is 4.63. The highest BCUT2D eigenvalue weighted by Gasteiger charge is 2.41. The molecule has 2 atom stereocenters. The lowest BCUT2D eigenvalue weighted by Gasteiger charge is -2.27. The lowest BCUT2D eigenvalue weighted by molar-refractivity contribution is 0.415. The van der Waals surface area contributed by atoms with Crippen molar-refractivity contribution in [3.8, 4) is 5.75 Å². The van der Waals surface area contributed by atoms with Crippen LogP contribution in [0, 0.1) is 6.92 Å². The zero-order chi connectivity index (χ0) is 18.1. The van der Waals surface area contributed by atoms with Crippen LogP contribution in [0.3, 0.4) is 0 Å². The predicted molar refractivity (Wildman–Crippen MR) is 110 cm³/mol. The molecular weight excluding hydrogens is 362 g/mol. The van der Waals surface area contributed by atoms with Crippen LogP contribution in [0.2, 0.25) is 0 Å². The molecule has 3 heterocycles. The van der Waals surface area contributed by atoms with Crippen LogP contribution < -0.4 is 15.0 Å². The number of nitrogens with zero attached hydrogens (tertiary/aromatic N) is 2. The third-order valence-corrected chi connectivity index (χ3v) is 5.89. The minimum atomic E-state index is 0.00357. The van der Waals surface area contributed by atoms with Crippen molar-refractivity contribution < 1.29 is 4.74 Å². The van der Waals surface area contributed by atoms with Gasteiger partial charge in [0.15, 0.2) is 5.11 Å². The first kappa shape index (κ1) is 17.0. The largest absolute Gasteiger partial charge is 0.497 e. The van der Waals surface area contributed by atoms with E-state index >= 15 is 0 Å². The molecule has 0 aliphatic carbocycles. The number of hydrogen-bond donors (Lipinski definition) is 1. The number of rotatable bonds is 4. The molecule has 0 amide bonds. The van der Waals surface area contributed by atoms with Crippen LogP contribution in [0.4, 0.5) is 5.69 Å². The van der Waals surface area contributed by atoms with Crippen LogP contribution in [-0.4, -0.2) is 17.2 Å².